The number of furan rings is 1. The van der Waals surface area contributed by atoms with Crippen LogP contribution in [0.2, 0.25) is 0 Å². The fourth-order valence-electron chi connectivity index (χ4n) is 1.75. The maximum atomic E-state index is 11.9. The van der Waals surface area contributed by atoms with E-state index in [-0.39, 0.29) is 18.2 Å². The van der Waals surface area contributed by atoms with Gasteiger partial charge in [0.1, 0.15) is 5.58 Å². The third-order valence-corrected chi connectivity index (χ3v) is 2.75. The predicted molar refractivity (Wildman–Crippen MR) is 76.3 cm³/mol. The number of carbonyl (C=O) groups excluding carboxylic acids is 2. The van der Waals surface area contributed by atoms with Crippen molar-refractivity contribution in [3.63, 3.8) is 0 Å². The molecule has 2 aromatic rings. The summed E-state index contributed by atoms with van der Waals surface area (Å²) in [6.45, 7) is 2.48. The van der Waals surface area contributed by atoms with Crippen LogP contribution in [0.1, 0.15) is 23.9 Å². The predicted octanol–water partition coefficient (Wildman–Crippen LogP) is 1.27. The van der Waals surface area contributed by atoms with Crippen LogP contribution < -0.4 is 16.4 Å². The Kier molecular flexibility index (Phi) is 4.24. The first-order valence-corrected chi connectivity index (χ1v) is 6.44. The van der Waals surface area contributed by atoms with E-state index < -0.39 is 5.91 Å². The second-order valence-corrected chi connectivity index (χ2v) is 4.44. The van der Waals surface area contributed by atoms with Crippen LogP contribution in [-0.2, 0) is 4.79 Å². The lowest BCUT2D eigenvalue weighted by Crippen LogP contribution is -2.37. The van der Waals surface area contributed by atoms with Gasteiger partial charge in [0.05, 0.1) is 6.54 Å². The zero-order valence-corrected chi connectivity index (χ0v) is 11.2. The summed E-state index contributed by atoms with van der Waals surface area (Å²) in [4.78, 5) is 23.2. The molecule has 0 unspecified atom stereocenters. The van der Waals surface area contributed by atoms with Crippen molar-refractivity contribution in [3.8, 4) is 0 Å². The molecule has 0 radical (unpaired) electrons. The van der Waals surface area contributed by atoms with E-state index in [1.54, 1.807) is 24.3 Å². The van der Waals surface area contributed by atoms with Gasteiger partial charge in [-0.3, -0.25) is 9.59 Å². The van der Waals surface area contributed by atoms with Gasteiger partial charge in [-0.1, -0.05) is 6.92 Å². The third kappa shape index (κ3) is 3.28. The Balaban J connectivity index is 1.99. The maximum Gasteiger partial charge on any atom is 0.287 e. The molecule has 0 saturated carbocycles. The average molecular weight is 275 g/mol. The summed E-state index contributed by atoms with van der Waals surface area (Å²) in [5.41, 5.74) is 6.84. The van der Waals surface area contributed by atoms with Gasteiger partial charge in [-0.05, 0) is 30.7 Å². The van der Waals surface area contributed by atoms with Crippen molar-refractivity contribution >= 4 is 28.5 Å². The molecule has 2 rings (SSSR count). The van der Waals surface area contributed by atoms with Gasteiger partial charge in [0.25, 0.3) is 5.91 Å². The van der Waals surface area contributed by atoms with E-state index in [0.717, 1.165) is 11.8 Å². The first kappa shape index (κ1) is 13.9. The van der Waals surface area contributed by atoms with Crippen molar-refractivity contribution < 1.29 is 14.0 Å². The van der Waals surface area contributed by atoms with Crippen molar-refractivity contribution in [2.24, 2.45) is 0 Å². The number of amides is 2. The van der Waals surface area contributed by atoms with Gasteiger partial charge in [-0.25, -0.2) is 0 Å². The minimum Gasteiger partial charge on any atom is -0.451 e. The van der Waals surface area contributed by atoms with E-state index in [9.17, 15) is 9.59 Å². The largest absolute Gasteiger partial charge is 0.451 e. The number of anilines is 1. The summed E-state index contributed by atoms with van der Waals surface area (Å²) in [6.07, 6.45) is 0.852. The summed E-state index contributed by atoms with van der Waals surface area (Å²) in [6, 6.07) is 6.73. The number of fused-ring (bicyclic) bond motifs is 1. The fourth-order valence-corrected chi connectivity index (χ4v) is 1.75. The molecule has 6 heteroatoms. The Bertz CT molecular complexity index is 634. The molecule has 0 spiro atoms. The Morgan fingerprint density at radius 1 is 1.25 bits per heavy atom. The molecule has 0 aliphatic heterocycles. The van der Waals surface area contributed by atoms with Crippen LogP contribution >= 0.6 is 0 Å². The Labute approximate surface area is 116 Å². The minimum absolute atomic E-state index is 0.0714. The van der Waals surface area contributed by atoms with Crippen LogP contribution in [0, 0.1) is 0 Å². The number of nitrogens with one attached hydrogen (secondary N) is 2. The molecule has 0 fully saturated rings. The highest BCUT2D eigenvalue weighted by atomic mass is 16.3. The lowest BCUT2D eigenvalue weighted by atomic mass is 10.2. The van der Waals surface area contributed by atoms with E-state index in [4.69, 9.17) is 10.2 Å². The molecule has 0 aliphatic rings. The monoisotopic (exact) mass is 275 g/mol. The zero-order chi connectivity index (χ0) is 14.5. The van der Waals surface area contributed by atoms with Gasteiger partial charge >= 0.3 is 0 Å². The van der Waals surface area contributed by atoms with E-state index in [1.165, 1.54) is 0 Å². The zero-order valence-electron chi connectivity index (χ0n) is 11.2. The molecular weight excluding hydrogens is 258 g/mol. The SMILES string of the molecule is CCCNC(=O)CNC(=O)c1cc2cc(N)ccc2o1. The Hall–Kier alpha value is -2.50. The van der Waals surface area contributed by atoms with Crippen LogP contribution in [0.25, 0.3) is 11.0 Å². The van der Waals surface area contributed by atoms with E-state index >= 15 is 0 Å². The highest BCUT2D eigenvalue weighted by Crippen LogP contribution is 2.21. The fraction of sp³-hybridized carbons (Fsp3) is 0.286. The van der Waals surface area contributed by atoms with E-state index in [1.807, 2.05) is 6.92 Å². The topological polar surface area (TPSA) is 97.4 Å². The van der Waals surface area contributed by atoms with Gasteiger partial charge in [-0.15, -0.1) is 0 Å². The van der Waals surface area contributed by atoms with Crippen molar-refractivity contribution in [2.75, 3.05) is 18.8 Å². The molecule has 0 atom stereocenters. The van der Waals surface area contributed by atoms with Crippen LogP contribution in [0.4, 0.5) is 5.69 Å². The van der Waals surface area contributed by atoms with E-state index in [0.29, 0.717) is 17.8 Å². The molecule has 0 bridgehead atoms. The second kappa shape index (κ2) is 6.10. The Morgan fingerprint density at radius 3 is 2.80 bits per heavy atom. The van der Waals surface area contributed by atoms with Gasteiger partial charge in [0.2, 0.25) is 5.91 Å². The molecule has 0 saturated heterocycles. The number of carbonyl (C=O) groups is 2. The van der Waals surface area contributed by atoms with Gasteiger partial charge in [-0.2, -0.15) is 0 Å². The Morgan fingerprint density at radius 2 is 2.05 bits per heavy atom. The van der Waals surface area contributed by atoms with E-state index in [2.05, 4.69) is 10.6 Å². The molecule has 6 nitrogen and oxygen atoms in total. The summed E-state index contributed by atoms with van der Waals surface area (Å²) in [5.74, 6) is -0.485. The van der Waals surface area contributed by atoms with Crippen LogP contribution in [0.15, 0.2) is 28.7 Å². The average Bonchev–Trinajstić information content (AvgIpc) is 2.85. The smallest absolute Gasteiger partial charge is 0.287 e. The third-order valence-electron chi connectivity index (χ3n) is 2.75. The van der Waals surface area contributed by atoms with Crippen LogP contribution in [0.3, 0.4) is 0 Å². The number of hydrogen-bond donors (Lipinski definition) is 3. The minimum atomic E-state index is -0.425. The van der Waals surface area contributed by atoms with Crippen LogP contribution in [0.5, 0.6) is 0 Å². The molecule has 0 aliphatic carbocycles. The first-order valence-electron chi connectivity index (χ1n) is 6.44. The molecule has 106 valence electrons. The summed E-state index contributed by atoms with van der Waals surface area (Å²) in [7, 11) is 0. The van der Waals surface area contributed by atoms with Crippen molar-refractivity contribution in [3.05, 3.63) is 30.0 Å². The number of benzene rings is 1. The van der Waals surface area contributed by atoms with Crippen molar-refractivity contribution in [2.45, 2.75) is 13.3 Å². The highest BCUT2D eigenvalue weighted by molar-refractivity contribution is 5.98. The van der Waals surface area contributed by atoms with Crippen LogP contribution in [-0.4, -0.2) is 24.9 Å². The second-order valence-electron chi connectivity index (χ2n) is 4.44. The highest BCUT2D eigenvalue weighted by Gasteiger charge is 2.13. The van der Waals surface area contributed by atoms with Gasteiger partial charge in [0.15, 0.2) is 5.76 Å². The quantitative estimate of drug-likeness (QED) is 0.716. The lowest BCUT2D eigenvalue weighted by molar-refractivity contribution is -0.120. The van der Waals surface area contributed by atoms with Crippen molar-refractivity contribution in [1.29, 1.82) is 0 Å². The molecule has 2 amide bonds. The standard InChI is InChI=1S/C14H17N3O3/c1-2-5-16-13(18)8-17-14(19)12-7-9-6-10(15)3-4-11(9)20-12/h3-4,6-7H,2,5,8,15H2,1H3,(H,16,18)(H,17,19). The van der Waals surface area contributed by atoms with Crippen molar-refractivity contribution in [1.82, 2.24) is 10.6 Å². The summed E-state index contributed by atoms with van der Waals surface area (Å²) >= 11 is 0. The molecule has 1 heterocycles. The molecule has 4 N–H and O–H groups in total. The molecule has 20 heavy (non-hydrogen) atoms. The van der Waals surface area contributed by atoms with Gasteiger partial charge in [0, 0.05) is 17.6 Å². The summed E-state index contributed by atoms with van der Waals surface area (Å²) < 4.78 is 5.40. The van der Waals surface area contributed by atoms with Gasteiger partial charge < -0.3 is 20.8 Å². The number of nitrogens with two attached hydrogens (primary N) is 1. The maximum absolute atomic E-state index is 11.9. The normalized spacial score (nSPS) is 10.4. The summed E-state index contributed by atoms with van der Waals surface area (Å²) in [5, 5.41) is 5.93. The lowest BCUT2D eigenvalue weighted by Gasteiger charge is -2.04. The number of nitrogen functional groups attached to an aromatic ring is 1. The number of rotatable bonds is 5. The molecule has 1 aromatic heterocycles. The molecule has 1 aromatic carbocycles. The number of hydrogen-bond acceptors (Lipinski definition) is 4. The first-order chi connectivity index (χ1) is 9.60. The molecular formula is C14H17N3O3.